The largest absolute Gasteiger partial charge is 0.376 e. The van der Waals surface area contributed by atoms with Crippen molar-refractivity contribution < 1.29 is 14.3 Å². The zero-order chi connectivity index (χ0) is 23.5. The normalized spacial score (nSPS) is 15.4. The van der Waals surface area contributed by atoms with E-state index in [1.807, 2.05) is 18.4 Å². The van der Waals surface area contributed by atoms with Gasteiger partial charge in [0.05, 0.1) is 18.2 Å². The van der Waals surface area contributed by atoms with Crippen molar-refractivity contribution in [3.8, 4) is 17.5 Å². The number of primary amides is 1. The number of aromatic nitrogens is 5. The lowest BCUT2D eigenvalue weighted by molar-refractivity contribution is -0.117. The highest BCUT2D eigenvalue weighted by atomic mass is 16.5. The SMILES string of the molecule is Cc1c(C#N)c(NC(=O)Cn2nnc(-c3ccc(C(N)=O)cc3)n2)n(C[C@@H]2CCCO2)c1C. The average Bonchev–Trinajstić information content (AvgIpc) is 3.52. The molecule has 4 rings (SSSR count). The smallest absolute Gasteiger partial charge is 0.249 e. The van der Waals surface area contributed by atoms with E-state index in [2.05, 4.69) is 26.8 Å². The molecular weight excluding hydrogens is 424 g/mol. The number of hydrogen-bond acceptors (Lipinski definition) is 7. The molecule has 1 atom stereocenters. The molecule has 1 fully saturated rings. The molecule has 170 valence electrons. The monoisotopic (exact) mass is 448 g/mol. The van der Waals surface area contributed by atoms with Gasteiger partial charge in [-0.3, -0.25) is 9.59 Å². The molecule has 1 saturated heterocycles. The molecule has 0 unspecified atom stereocenters. The van der Waals surface area contributed by atoms with Crippen LogP contribution in [0.1, 0.15) is 40.0 Å². The molecule has 1 aliphatic heterocycles. The maximum Gasteiger partial charge on any atom is 0.249 e. The van der Waals surface area contributed by atoms with Crippen LogP contribution >= 0.6 is 0 Å². The van der Waals surface area contributed by atoms with Crippen molar-refractivity contribution >= 4 is 17.6 Å². The summed E-state index contributed by atoms with van der Waals surface area (Å²) in [4.78, 5) is 25.2. The zero-order valence-corrected chi connectivity index (χ0v) is 18.4. The molecule has 33 heavy (non-hydrogen) atoms. The summed E-state index contributed by atoms with van der Waals surface area (Å²) in [5, 5.41) is 24.7. The highest BCUT2D eigenvalue weighted by molar-refractivity contribution is 5.93. The molecule has 0 bridgehead atoms. The fourth-order valence-corrected chi connectivity index (χ4v) is 3.86. The molecule has 0 radical (unpaired) electrons. The second-order valence-electron chi connectivity index (χ2n) is 7.92. The summed E-state index contributed by atoms with van der Waals surface area (Å²) < 4.78 is 7.67. The van der Waals surface area contributed by atoms with E-state index in [4.69, 9.17) is 10.5 Å². The predicted octanol–water partition coefficient (Wildman–Crippen LogP) is 1.55. The number of anilines is 1. The van der Waals surface area contributed by atoms with Crippen LogP contribution in [0.15, 0.2) is 24.3 Å². The first-order chi connectivity index (χ1) is 15.9. The minimum atomic E-state index is -0.527. The number of hydrogen-bond donors (Lipinski definition) is 2. The highest BCUT2D eigenvalue weighted by Crippen LogP contribution is 2.28. The summed E-state index contributed by atoms with van der Waals surface area (Å²) in [6.45, 7) is 4.90. The fourth-order valence-electron chi connectivity index (χ4n) is 3.86. The molecule has 11 heteroatoms. The number of tetrazole rings is 1. The van der Waals surface area contributed by atoms with Crippen LogP contribution in [0.25, 0.3) is 11.4 Å². The summed E-state index contributed by atoms with van der Waals surface area (Å²) in [5.74, 6) is -0.146. The maximum atomic E-state index is 12.8. The summed E-state index contributed by atoms with van der Waals surface area (Å²) in [6.07, 6.45) is 2.00. The highest BCUT2D eigenvalue weighted by Gasteiger charge is 2.24. The van der Waals surface area contributed by atoms with Crippen molar-refractivity contribution in [2.45, 2.75) is 45.9 Å². The fraction of sp³-hybridized carbons (Fsp3) is 0.364. The molecule has 3 heterocycles. The first-order valence-corrected chi connectivity index (χ1v) is 10.6. The Morgan fingerprint density at radius 2 is 2.06 bits per heavy atom. The molecule has 3 N–H and O–H groups in total. The van der Waals surface area contributed by atoms with Gasteiger partial charge in [0.2, 0.25) is 17.6 Å². The van der Waals surface area contributed by atoms with E-state index < -0.39 is 5.91 Å². The van der Waals surface area contributed by atoms with Gasteiger partial charge in [-0.05, 0) is 49.6 Å². The number of ether oxygens (including phenoxy) is 1. The number of benzene rings is 1. The van der Waals surface area contributed by atoms with Crippen LogP contribution < -0.4 is 11.1 Å². The van der Waals surface area contributed by atoms with Gasteiger partial charge < -0.3 is 20.4 Å². The third kappa shape index (κ3) is 4.61. The summed E-state index contributed by atoms with van der Waals surface area (Å²) in [5.41, 5.74) is 8.43. The van der Waals surface area contributed by atoms with Crippen LogP contribution in [0, 0.1) is 25.2 Å². The summed E-state index contributed by atoms with van der Waals surface area (Å²) in [6, 6.07) is 8.65. The van der Waals surface area contributed by atoms with Crippen molar-refractivity contribution in [3.63, 3.8) is 0 Å². The molecule has 2 amide bonds. The molecular formula is C22H24N8O3. The summed E-state index contributed by atoms with van der Waals surface area (Å²) in [7, 11) is 0. The van der Waals surface area contributed by atoms with Crippen LogP contribution in [0.4, 0.5) is 5.82 Å². The Balaban J connectivity index is 1.50. The molecule has 1 aliphatic rings. The van der Waals surface area contributed by atoms with E-state index in [9.17, 15) is 14.9 Å². The lowest BCUT2D eigenvalue weighted by Gasteiger charge is -2.16. The standard InChI is InChI=1S/C22H24N8O3/c1-13-14(2)29(11-17-4-3-9-33-17)22(18(13)10-23)25-19(31)12-30-27-21(26-28-30)16-7-5-15(6-8-16)20(24)32/h5-8,17H,3-4,9,11-12H2,1-2H3,(H2,24,32)(H,25,31)/t17-/m0/s1. The molecule has 0 saturated carbocycles. The Morgan fingerprint density at radius 1 is 1.30 bits per heavy atom. The van der Waals surface area contributed by atoms with Crippen LogP contribution in [0.2, 0.25) is 0 Å². The number of nitrogens with one attached hydrogen (secondary N) is 1. The third-order valence-electron chi connectivity index (χ3n) is 5.77. The van der Waals surface area contributed by atoms with E-state index in [0.717, 1.165) is 30.7 Å². The van der Waals surface area contributed by atoms with Crippen LogP contribution in [0.3, 0.4) is 0 Å². The average molecular weight is 448 g/mol. The second kappa shape index (κ2) is 9.22. The Kier molecular flexibility index (Phi) is 6.19. The number of nitriles is 1. The molecule has 0 spiro atoms. The van der Waals surface area contributed by atoms with Crippen molar-refractivity contribution in [2.75, 3.05) is 11.9 Å². The zero-order valence-electron chi connectivity index (χ0n) is 18.4. The number of rotatable bonds is 7. The first-order valence-electron chi connectivity index (χ1n) is 10.6. The van der Waals surface area contributed by atoms with Gasteiger partial charge in [0.25, 0.3) is 0 Å². The summed E-state index contributed by atoms with van der Waals surface area (Å²) >= 11 is 0. The Bertz CT molecular complexity index is 1230. The van der Waals surface area contributed by atoms with Crippen LogP contribution in [-0.2, 0) is 22.6 Å². The van der Waals surface area contributed by atoms with Crippen LogP contribution in [0.5, 0.6) is 0 Å². The van der Waals surface area contributed by atoms with Gasteiger partial charge in [-0.2, -0.15) is 10.1 Å². The molecule has 1 aromatic carbocycles. The Hall–Kier alpha value is -4.04. The number of carbonyl (C=O) groups is 2. The number of amides is 2. The minimum Gasteiger partial charge on any atom is -0.376 e. The van der Waals surface area contributed by atoms with E-state index in [1.165, 1.54) is 4.80 Å². The van der Waals surface area contributed by atoms with E-state index in [1.54, 1.807) is 24.3 Å². The van der Waals surface area contributed by atoms with Crippen molar-refractivity contribution in [1.82, 2.24) is 24.8 Å². The first kappa shape index (κ1) is 22.2. The van der Waals surface area contributed by atoms with Gasteiger partial charge in [-0.15, -0.1) is 10.2 Å². The van der Waals surface area contributed by atoms with Gasteiger partial charge in [0.15, 0.2) is 0 Å². The topological polar surface area (TPSA) is 154 Å². The lowest BCUT2D eigenvalue weighted by atomic mass is 10.1. The molecule has 3 aromatic rings. The molecule has 2 aromatic heterocycles. The van der Waals surface area contributed by atoms with Gasteiger partial charge in [-0.25, -0.2) is 0 Å². The lowest BCUT2D eigenvalue weighted by Crippen LogP contribution is -2.24. The second-order valence-corrected chi connectivity index (χ2v) is 7.92. The quantitative estimate of drug-likeness (QED) is 0.556. The molecule has 0 aliphatic carbocycles. The van der Waals surface area contributed by atoms with Crippen molar-refractivity contribution in [3.05, 3.63) is 46.6 Å². The van der Waals surface area contributed by atoms with Gasteiger partial charge in [-0.1, -0.05) is 12.1 Å². The van der Waals surface area contributed by atoms with E-state index in [-0.39, 0.29) is 18.6 Å². The number of nitrogens with zero attached hydrogens (tertiary/aromatic N) is 6. The maximum absolute atomic E-state index is 12.8. The van der Waals surface area contributed by atoms with Crippen molar-refractivity contribution in [2.24, 2.45) is 5.73 Å². The molecule has 11 nitrogen and oxygen atoms in total. The van der Waals surface area contributed by atoms with Gasteiger partial charge >= 0.3 is 0 Å². The van der Waals surface area contributed by atoms with Crippen LogP contribution in [-0.4, -0.2) is 49.3 Å². The van der Waals surface area contributed by atoms with Crippen molar-refractivity contribution in [1.29, 1.82) is 5.26 Å². The van der Waals surface area contributed by atoms with Gasteiger partial charge in [0, 0.05) is 23.4 Å². The Morgan fingerprint density at radius 3 is 2.70 bits per heavy atom. The third-order valence-corrected chi connectivity index (χ3v) is 5.77. The minimum absolute atomic E-state index is 0.0539. The van der Waals surface area contributed by atoms with E-state index in [0.29, 0.717) is 34.9 Å². The number of nitrogens with two attached hydrogens (primary N) is 1. The Labute approximate surface area is 190 Å². The van der Waals surface area contributed by atoms with E-state index >= 15 is 0 Å². The number of carbonyl (C=O) groups excluding carboxylic acids is 2. The van der Waals surface area contributed by atoms with Gasteiger partial charge in [0.1, 0.15) is 18.4 Å². The predicted molar refractivity (Wildman–Crippen MR) is 118 cm³/mol.